The number of alkyl halides is 1. The molecule has 0 unspecified atom stereocenters. The Labute approximate surface area is 95.0 Å². The standard InChI is InChI=1S/C11H14Cl2O/c12-8-2-1-3-9-14-11-6-4-10(13)5-7-11/h4-7H,1-3,8-9H2. The van der Waals surface area contributed by atoms with Gasteiger partial charge in [0.05, 0.1) is 6.61 Å². The van der Waals surface area contributed by atoms with Crippen LogP contribution in [-0.2, 0) is 0 Å². The minimum Gasteiger partial charge on any atom is -0.494 e. The van der Waals surface area contributed by atoms with Crippen LogP contribution in [0.1, 0.15) is 19.3 Å². The van der Waals surface area contributed by atoms with Crippen LogP contribution in [-0.4, -0.2) is 12.5 Å². The largest absolute Gasteiger partial charge is 0.494 e. The van der Waals surface area contributed by atoms with Crippen molar-refractivity contribution in [3.8, 4) is 5.75 Å². The highest BCUT2D eigenvalue weighted by Gasteiger charge is 1.93. The van der Waals surface area contributed by atoms with E-state index >= 15 is 0 Å². The van der Waals surface area contributed by atoms with E-state index in [9.17, 15) is 0 Å². The zero-order valence-electron chi connectivity index (χ0n) is 8.01. The molecule has 0 aliphatic heterocycles. The van der Waals surface area contributed by atoms with Gasteiger partial charge in [0.2, 0.25) is 0 Å². The van der Waals surface area contributed by atoms with Crippen LogP contribution in [0.3, 0.4) is 0 Å². The van der Waals surface area contributed by atoms with Crippen LogP contribution in [0.4, 0.5) is 0 Å². The van der Waals surface area contributed by atoms with Gasteiger partial charge in [0.15, 0.2) is 0 Å². The number of benzene rings is 1. The number of rotatable bonds is 6. The van der Waals surface area contributed by atoms with Crippen LogP contribution in [0.5, 0.6) is 5.75 Å². The van der Waals surface area contributed by atoms with Gasteiger partial charge in [-0.3, -0.25) is 0 Å². The number of unbranched alkanes of at least 4 members (excludes halogenated alkanes) is 2. The predicted octanol–water partition coefficient (Wildman–Crippen LogP) is 4.13. The first-order chi connectivity index (χ1) is 6.83. The Morgan fingerprint density at radius 2 is 1.71 bits per heavy atom. The summed E-state index contributed by atoms with van der Waals surface area (Å²) in [6, 6.07) is 7.42. The average molecular weight is 233 g/mol. The summed E-state index contributed by atoms with van der Waals surface area (Å²) >= 11 is 11.3. The van der Waals surface area contributed by atoms with E-state index in [1.165, 1.54) is 0 Å². The lowest BCUT2D eigenvalue weighted by Gasteiger charge is -2.05. The normalized spacial score (nSPS) is 10.1. The SMILES string of the molecule is ClCCCCCOc1ccc(Cl)cc1. The Bertz CT molecular complexity index is 246. The number of hydrogen-bond donors (Lipinski definition) is 0. The average Bonchev–Trinajstić information content (AvgIpc) is 2.21. The first kappa shape index (κ1) is 11.7. The molecule has 0 amide bonds. The molecular weight excluding hydrogens is 219 g/mol. The monoisotopic (exact) mass is 232 g/mol. The van der Waals surface area contributed by atoms with Crippen molar-refractivity contribution in [2.75, 3.05) is 12.5 Å². The van der Waals surface area contributed by atoms with Crippen LogP contribution < -0.4 is 4.74 Å². The smallest absolute Gasteiger partial charge is 0.119 e. The molecule has 78 valence electrons. The van der Waals surface area contributed by atoms with Crippen LogP contribution in [0.2, 0.25) is 5.02 Å². The van der Waals surface area contributed by atoms with Crippen LogP contribution in [0.25, 0.3) is 0 Å². The molecular formula is C11H14Cl2O. The second-order valence-electron chi connectivity index (χ2n) is 3.05. The Kier molecular flexibility index (Phi) is 5.81. The van der Waals surface area contributed by atoms with Crippen molar-refractivity contribution in [3.63, 3.8) is 0 Å². The van der Waals surface area contributed by atoms with Crippen LogP contribution in [0, 0.1) is 0 Å². The zero-order chi connectivity index (χ0) is 10.2. The number of hydrogen-bond acceptors (Lipinski definition) is 1. The summed E-state index contributed by atoms with van der Waals surface area (Å²) in [5.41, 5.74) is 0. The fourth-order valence-corrected chi connectivity index (χ4v) is 1.41. The third-order valence-electron chi connectivity index (χ3n) is 1.86. The van der Waals surface area contributed by atoms with Gasteiger partial charge in [-0.25, -0.2) is 0 Å². The predicted molar refractivity (Wildman–Crippen MR) is 61.5 cm³/mol. The van der Waals surface area contributed by atoms with Crippen molar-refractivity contribution in [1.29, 1.82) is 0 Å². The lowest BCUT2D eigenvalue weighted by atomic mass is 10.3. The molecule has 1 nitrogen and oxygen atoms in total. The van der Waals surface area contributed by atoms with Gasteiger partial charge < -0.3 is 4.74 Å². The van der Waals surface area contributed by atoms with E-state index in [0.717, 1.165) is 42.5 Å². The van der Waals surface area contributed by atoms with Crippen molar-refractivity contribution in [3.05, 3.63) is 29.3 Å². The van der Waals surface area contributed by atoms with Crippen molar-refractivity contribution in [2.45, 2.75) is 19.3 Å². The maximum absolute atomic E-state index is 5.74. The maximum atomic E-state index is 5.74. The molecule has 0 atom stereocenters. The van der Waals surface area contributed by atoms with Crippen molar-refractivity contribution in [1.82, 2.24) is 0 Å². The lowest BCUT2D eigenvalue weighted by Crippen LogP contribution is -1.97. The van der Waals surface area contributed by atoms with E-state index in [-0.39, 0.29) is 0 Å². The molecule has 0 aromatic heterocycles. The summed E-state index contributed by atoms with van der Waals surface area (Å²) in [5, 5.41) is 0.736. The summed E-state index contributed by atoms with van der Waals surface area (Å²) in [4.78, 5) is 0. The second kappa shape index (κ2) is 6.97. The highest BCUT2D eigenvalue weighted by Crippen LogP contribution is 2.15. The molecule has 0 spiro atoms. The van der Waals surface area contributed by atoms with E-state index in [1.807, 2.05) is 24.3 Å². The van der Waals surface area contributed by atoms with Crippen LogP contribution >= 0.6 is 23.2 Å². The van der Waals surface area contributed by atoms with E-state index in [1.54, 1.807) is 0 Å². The molecule has 0 aliphatic carbocycles. The van der Waals surface area contributed by atoms with E-state index < -0.39 is 0 Å². The molecule has 0 radical (unpaired) electrons. The Morgan fingerprint density at radius 1 is 1.00 bits per heavy atom. The van der Waals surface area contributed by atoms with Gasteiger partial charge in [-0.15, -0.1) is 11.6 Å². The summed E-state index contributed by atoms with van der Waals surface area (Å²) in [7, 11) is 0. The third-order valence-corrected chi connectivity index (χ3v) is 2.38. The van der Waals surface area contributed by atoms with E-state index in [2.05, 4.69) is 0 Å². The van der Waals surface area contributed by atoms with Gasteiger partial charge in [0.1, 0.15) is 5.75 Å². The van der Waals surface area contributed by atoms with E-state index in [0.29, 0.717) is 0 Å². The summed E-state index contributed by atoms with van der Waals surface area (Å²) in [5.74, 6) is 1.61. The molecule has 1 aromatic rings. The van der Waals surface area contributed by atoms with E-state index in [4.69, 9.17) is 27.9 Å². The lowest BCUT2D eigenvalue weighted by molar-refractivity contribution is 0.306. The quantitative estimate of drug-likeness (QED) is 0.530. The molecule has 0 bridgehead atoms. The van der Waals surface area contributed by atoms with Gasteiger partial charge >= 0.3 is 0 Å². The summed E-state index contributed by atoms with van der Waals surface area (Å²) in [6.45, 7) is 0.749. The molecule has 0 saturated carbocycles. The van der Waals surface area contributed by atoms with Gasteiger partial charge in [-0.2, -0.15) is 0 Å². The fraction of sp³-hybridized carbons (Fsp3) is 0.455. The van der Waals surface area contributed by atoms with Gasteiger partial charge in [0.25, 0.3) is 0 Å². The summed E-state index contributed by atoms with van der Waals surface area (Å²) < 4.78 is 5.51. The van der Waals surface area contributed by atoms with Crippen molar-refractivity contribution < 1.29 is 4.74 Å². The highest BCUT2D eigenvalue weighted by molar-refractivity contribution is 6.30. The minimum absolute atomic E-state index is 0.736. The molecule has 0 fully saturated rings. The second-order valence-corrected chi connectivity index (χ2v) is 3.87. The molecule has 1 rings (SSSR count). The molecule has 14 heavy (non-hydrogen) atoms. The van der Waals surface area contributed by atoms with Crippen LogP contribution in [0.15, 0.2) is 24.3 Å². The Balaban J connectivity index is 2.15. The molecule has 0 heterocycles. The first-order valence-electron chi connectivity index (χ1n) is 4.77. The first-order valence-corrected chi connectivity index (χ1v) is 5.68. The zero-order valence-corrected chi connectivity index (χ0v) is 9.52. The molecule has 3 heteroatoms. The third kappa shape index (κ3) is 4.73. The molecule has 0 aliphatic rings. The van der Waals surface area contributed by atoms with Crippen molar-refractivity contribution in [2.24, 2.45) is 0 Å². The number of ether oxygens (including phenoxy) is 1. The maximum Gasteiger partial charge on any atom is 0.119 e. The van der Waals surface area contributed by atoms with Gasteiger partial charge in [-0.1, -0.05) is 11.6 Å². The molecule has 1 aromatic carbocycles. The highest BCUT2D eigenvalue weighted by atomic mass is 35.5. The Morgan fingerprint density at radius 3 is 2.36 bits per heavy atom. The molecule has 0 saturated heterocycles. The Hall–Kier alpha value is -0.400. The fourth-order valence-electron chi connectivity index (χ4n) is 1.09. The molecule has 0 N–H and O–H groups in total. The van der Waals surface area contributed by atoms with Gasteiger partial charge in [-0.05, 0) is 43.5 Å². The van der Waals surface area contributed by atoms with Crippen molar-refractivity contribution >= 4 is 23.2 Å². The summed E-state index contributed by atoms with van der Waals surface area (Å²) in [6.07, 6.45) is 3.23. The number of halogens is 2. The minimum atomic E-state index is 0.736. The topological polar surface area (TPSA) is 9.23 Å². The van der Waals surface area contributed by atoms with Gasteiger partial charge in [0, 0.05) is 10.9 Å².